The van der Waals surface area contributed by atoms with E-state index in [4.69, 9.17) is 4.74 Å². The molecule has 3 nitrogen and oxygen atoms in total. The second-order valence-corrected chi connectivity index (χ2v) is 4.86. The third kappa shape index (κ3) is 2.48. The number of hydrogen-bond acceptors (Lipinski definition) is 4. The molecule has 0 amide bonds. The second-order valence-electron chi connectivity index (χ2n) is 3.03. The van der Waals surface area contributed by atoms with E-state index in [0.29, 0.717) is 17.9 Å². The van der Waals surface area contributed by atoms with E-state index in [9.17, 15) is 4.79 Å². The molecule has 0 spiro atoms. The molecule has 1 aromatic heterocycles. The maximum Gasteiger partial charge on any atom is 0.153 e. The lowest BCUT2D eigenvalue weighted by Crippen LogP contribution is -1.97. The van der Waals surface area contributed by atoms with Crippen LogP contribution in [0.4, 0.5) is 0 Å². The van der Waals surface area contributed by atoms with Gasteiger partial charge in [-0.25, -0.2) is 0 Å². The highest BCUT2D eigenvalue weighted by molar-refractivity contribution is 9.10. The Kier molecular flexibility index (Phi) is 3.69. The SMILES string of the molecule is O=Cc1cccc(Br)c1OCc1cncs1. The van der Waals surface area contributed by atoms with Gasteiger partial charge >= 0.3 is 0 Å². The summed E-state index contributed by atoms with van der Waals surface area (Å²) in [6.45, 7) is 0.425. The van der Waals surface area contributed by atoms with Crippen molar-refractivity contribution in [1.29, 1.82) is 0 Å². The number of hydrogen-bond donors (Lipinski definition) is 0. The number of para-hydroxylation sites is 1. The summed E-state index contributed by atoms with van der Waals surface area (Å²) in [5, 5.41) is 0. The van der Waals surface area contributed by atoms with Gasteiger partial charge in [-0.05, 0) is 28.1 Å². The smallest absolute Gasteiger partial charge is 0.153 e. The molecule has 0 saturated carbocycles. The van der Waals surface area contributed by atoms with E-state index in [2.05, 4.69) is 20.9 Å². The van der Waals surface area contributed by atoms with Crippen molar-refractivity contribution in [2.45, 2.75) is 6.61 Å². The largest absolute Gasteiger partial charge is 0.486 e. The van der Waals surface area contributed by atoms with Crippen LogP contribution in [-0.2, 0) is 6.61 Å². The van der Waals surface area contributed by atoms with Gasteiger partial charge in [0.1, 0.15) is 12.4 Å². The molecule has 2 aromatic rings. The molecule has 0 aliphatic rings. The second kappa shape index (κ2) is 5.23. The summed E-state index contributed by atoms with van der Waals surface area (Å²) in [5.41, 5.74) is 2.29. The average molecular weight is 298 g/mol. The summed E-state index contributed by atoms with van der Waals surface area (Å²) >= 11 is 4.88. The number of aromatic nitrogens is 1. The summed E-state index contributed by atoms with van der Waals surface area (Å²) in [6, 6.07) is 5.36. The zero-order valence-corrected chi connectivity index (χ0v) is 10.6. The number of halogens is 1. The predicted octanol–water partition coefficient (Wildman–Crippen LogP) is 3.30. The number of carbonyl (C=O) groups is 1. The van der Waals surface area contributed by atoms with Crippen molar-refractivity contribution in [1.82, 2.24) is 4.98 Å². The van der Waals surface area contributed by atoms with E-state index in [1.165, 1.54) is 11.3 Å². The molecule has 5 heteroatoms. The van der Waals surface area contributed by atoms with Crippen molar-refractivity contribution in [3.8, 4) is 5.75 Å². The first kappa shape index (κ1) is 11.3. The molecular formula is C11H8BrNO2S. The topological polar surface area (TPSA) is 39.2 Å². The first-order valence-electron chi connectivity index (χ1n) is 4.55. The van der Waals surface area contributed by atoms with Gasteiger partial charge in [0, 0.05) is 6.20 Å². The van der Waals surface area contributed by atoms with Crippen LogP contribution in [0.15, 0.2) is 34.4 Å². The zero-order chi connectivity index (χ0) is 11.4. The van der Waals surface area contributed by atoms with Crippen molar-refractivity contribution in [2.75, 3.05) is 0 Å². The third-order valence-corrected chi connectivity index (χ3v) is 3.34. The average Bonchev–Trinajstić information content (AvgIpc) is 2.80. The highest BCUT2D eigenvalue weighted by Gasteiger charge is 2.07. The summed E-state index contributed by atoms with van der Waals surface area (Å²) in [6.07, 6.45) is 2.54. The zero-order valence-electron chi connectivity index (χ0n) is 8.22. The Labute approximate surface area is 105 Å². The number of aldehydes is 1. The first-order chi connectivity index (χ1) is 7.81. The number of benzene rings is 1. The van der Waals surface area contributed by atoms with Gasteiger partial charge in [0.05, 0.1) is 20.4 Å². The number of carbonyl (C=O) groups excluding carboxylic acids is 1. The Morgan fingerprint density at radius 2 is 2.38 bits per heavy atom. The lowest BCUT2D eigenvalue weighted by molar-refractivity contribution is 0.111. The monoisotopic (exact) mass is 297 g/mol. The summed E-state index contributed by atoms with van der Waals surface area (Å²) in [4.78, 5) is 15.8. The van der Waals surface area contributed by atoms with Crippen LogP contribution < -0.4 is 4.74 Å². The minimum Gasteiger partial charge on any atom is -0.486 e. The van der Waals surface area contributed by atoms with Crippen LogP contribution in [0, 0.1) is 0 Å². The Hall–Kier alpha value is -1.20. The molecule has 0 radical (unpaired) electrons. The van der Waals surface area contributed by atoms with E-state index in [1.807, 2.05) is 6.07 Å². The van der Waals surface area contributed by atoms with Crippen LogP contribution in [0.2, 0.25) is 0 Å². The lowest BCUT2D eigenvalue weighted by Gasteiger charge is -2.08. The molecule has 0 unspecified atom stereocenters. The number of ether oxygens (including phenoxy) is 1. The Balaban J connectivity index is 2.17. The highest BCUT2D eigenvalue weighted by Crippen LogP contribution is 2.28. The number of nitrogens with zero attached hydrogens (tertiary/aromatic N) is 1. The minimum atomic E-state index is 0.425. The molecule has 0 atom stereocenters. The fourth-order valence-electron chi connectivity index (χ4n) is 1.23. The Morgan fingerprint density at radius 1 is 1.50 bits per heavy atom. The van der Waals surface area contributed by atoms with Crippen LogP contribution in [0.1, 0.15) is 15.2 Å². The molecule has 0 aliphatic heterocycles. The van der Waals surface area contributed by atoms with Crippen molar-refractivity contribution in [3.63, 3.8) is 0 Å². The van der Waals surface area contributed by atoms with Gasteiger partial charge in [-0.2, -0.15) is 0 Å². The van der Waals surface area contributed by atoms with Crippen LogP contribution in [0.5, 0.6) is 5.75 Å². The van der Waals surface area contributed by atoms with Crippen LogP contribution in [0.3, 0.4) is 0 Å². The van der Waals surface area contributed by atoms with E-state index in [1.54, 1.807) is 23.8 Å². The van der Waals surface area contributed by atoms with Crippen LogP contribution in [0.25, 0.3) is 0 Å². The van der Waals surface area contributed by atoms with Gasteiger partial charge in [-0.1, -0.05) is 6.07 Å². The van der Waals surface area contributed by atoms with Crippen molar-refractivity contribution in [3.05, 3.63) is 44.8 Å². The highest BCUT2D eigenvalue weighted by atomic mass is 79.9. The van der Waals surface area contributed by atoms with E-state index in [-0.39, 0.29) is 0 Å². The van der Waals surface area contributed by atoms with Crippen molar-refractivity contribution < 1.29 is 9.53 Å². The lowest BCUT2D eigenvalue weighted by atomic mass is 10.2. The molecule has 1 aromatic carbocycles. The molecule has 0 saturated heterocycles. The predicted molar refractivity (Wildman–Crippen MR) is 66.0 cm³/mol. The molecule has 2 rings (SSSR count). The number of thiazole rings is 1. The number of rotatable bonds is 4. The maximum absolute atomic E-state index is 10.8. The minimum absolute atomic E-state index is 0.425. The third-order valence-electron chi connectivity index (χ3n) is 1.97. The maximum atomic E-state index is 10.8. The summed E-state index contributed by atoms with van der Waals surface area (Å²) in [5.74, 6) is 0.575. The normalized spacial score (nSPS) is 10.1. The molecule has 0 bridgehead atoms. The summed E-state index contributed by atoms with van der Waals surface area (Å²) < 4.78 is 6.37. The molecule has 0 fully saturated rings. The molecule has 1 heterocycles. The quantitative estimate of drug-likeness (QED) is 0.813. The van der Waals surface area contributed by atoms with Crippen molar-refractivity contribution in [2.24, 2.45) is 0 Å². The molecule has 0 aliphatic carbocycles. The molecule has 16 heavy (non-hydrogen) atoms. The van der Waals surface area contributed by atoms with E-state index >= 15 is 0 Å². The Bertz CT molecular complexity index is 485. The van der Waals surface area contributed by atoms with Gasteiger partial charge in [0.15, 0.2) is 6.29 Å². The molecule has 0 N–H and O–H groups in total. The van der Waals surface area contributed by atoms with Crippen LogP contribution >= 0.6 is 27.3 Å². The van der Waals surface area contributed by atoms with Gasteiger partial charge in [0.2, 0.25) is 0 Å². The molecule has 82 valence electrons. The molecular weight excluding hydrogens is 290 g/mol. The van der Waals surface area contributed by atoms with Crippen molar-refractivity contribution >= 4 is 33.6 Å². The van der Waals surface area contributed by atoms with Crippen LogP contribution in [-0.4, -0.2) is 11.3 Å². The Morgan fingerprint density at radius 3 is 3.06 bits per heavy atom. The summed E-state index contributed by atoms with van der Waals surface area (Å²) in [7, 11) is 0. The van der Waals surface area contributed by atoms with E-state index < -0.39 is 0 Å². The van der Waals surface area contributed by atoms with E-state index in [0.717, 1.165) is 15.6 Å². The van der Waals surface area contributed by atoms with Gasteiger partial charge in [-0.15, -0.1) is 11.3 Å². The standard InChI is InChI=1S/C11H8BrNO2S/c12-10-3-1-2-8(5-14)11(10)15-6-9-4-13-7-16-9/h1-5,7H,6H2. The fraction of sp³-hybridized carbons (Fsp3) is 0.0909. The first-order valence-corrected chi connectivity index (χ1v) is 6.22. The fourth-order valence-corrected chi connectivity index (χ4v) is 2.23. The van der Waals surface area contributed by atoms with Gasteiger partial charge < -0.3 is 4.74 Å². The van der Waals surface area contributed by atoms with Gasteiger partial charge in [-0.3, -0.25) is 9.78 Å². The van der Waals surface area contributed by atoms with Gasteiger partial charge in [0.25, 0.3) is 0 Å².